The third kappa shape index (κ3) is 11.8. The van der Waals surface area contributed by atoms with Gasteiger partial charge in [-0.3, -0.25) is 0 Å². The van der Waals surface area contributed by atoms with E-state index in [-0.39, 0.29) is 18.8 Å². The molecule has 0 aliphatic rings. The highest BCUT2D eigenvalue weighted by molar-refractivity contribution is 7.88. The zero-order valence-electron chi connectivity index (χ0n) is 36.3. The fraction of sp³-hybridized carbons (Fsp3) is 0.0370. The molecule has 0 radical (unpaired) electrons. The first-order valence-electron chi connectivity index (χ1n) is 21.1. The van der Waals surface area contributed by atoms with Gasteiger partial charge >= 0.3 is 22.7 Å². The Balaban J connectivity index is 0.000000171. The lowest BCUT2D eigenvalue weighted by atomic mass is 9.80. The number of rotatable bonds is 8. The van der Waals surface area contributed by atoms with Gasteiger partial charge in [-0.05, 0) is 81.8 Å². The van der Waals surface area contributed by atoms with Crippen molar-refractivity contribution in [2.24, 2.45) is 0 Å². The van der Waals surface area contributed by atoms with Crippen LogP contribution in [-0.2, 0) is 10.1 Å². The lowest BCUT2D eigenvalue weighted by molar-refractivity contribution is -0.0499. The number of alkyl halides is 3. The molecule has 0 unspecified atom stereocenters. The maximum Gasteiger partial charge on any atom is 0.534 e. The Kier molecular flexibility index (Phi) is 15.3. The number of nitrogens with zero attached hydrogens (tertiary/aromatic N) is 4. The van der Waals surface area contributed by atoms with Crippen LogP contribution in [0.1, 0.15) is 7.43 Å². The number of halogens is 3. The molecule has 0 fully saturated rings. The quantitative estimate of drug-likeness (QED) is 0.0491. The van der Waals surface area contributed by atoms with Crippen molar-refractivity contribution in [1.82, 2.24) is 19.9 Å². The van der Waals surface area contributed by atoms with E-state index >= 15 is 0 Å². The largest absolute Gasteiger partial charge is 0.534 e. The first-order valence-corrected chi connectivity index (χ1v) is 22.5. The van der Waals surface area contributed by atoms with Crippen LogP contribution in [0.4, 0.5) is 24.5 Å². The van der Waals surface area contributed by atoms with E-state index in [9.17, 15) is 21.6 Å². The number of anilines is 2. The van der Waals surface area contributed by atoms with Gasteiger partial charge in [0.25, 0.3) is 0 Å². The summed E-state index contributed by atoms with van der Waals surface area (Å²) in [6.45, 7) is 0. The molecule has 11 nitrogen and oxygen atoms in total. The smallest absolute Gasteiger partial charge is 0.423 e. The van der Waals surface area contributed by atoms with Crippen LogP contribution in [0.15, 0.2) is 207 Å². The van der Waals surface area contributed by atoms with Crippen molar-refractivity contribution >= 4 is 55.9 Å². The molecule has 0 bridgehead atoms. The Hall–Kier alpha value is -8.44. The highest BCUT2D eigenvalue weighted by Gasteiger charge is 2.49. The number of aromatic nitrogens is 4. The molecule has 16 heteroatoms. The van der Waals surface area contributed by atoms with E-state index in [1.54, 1.807) is 84.9 Å². The average Bonchev–Trinajstić information content (AvgIpc) is 3.36. The molecule has 2 aromatic heterocycles. The molecule has 10 rings (SSSR count). The number of benzene rings is 8. The summed E-state index contributed by atoms with van der Waals surface area (Å²) in [6.07, 6.45) is 3.33. The predicted molar refractivity (Wildman–Crippen MR) is 274 cm³/mol. The summed E-state index contributed by atoms with van der Waals surface area (Å²) < 4.78 is 66.7. The van der Waals surface area contributed by atoms with E-state index in [1.807, 2.05) is 60.8 Å². The van der Waals surface area contributed by atoms with Gasteiger partial charge in [-0.1, -0.05) is 153 Å². The van der Waals surface area contributed by atoms with Crippen molar-refractivity contribution < 1.29 is 35.8 Å². The molecule has 0 aliphatic heterocycles. The average molecular weight is 957 g/mol. The number of nitrogen functional groups attached to an aromatic ring is 2. The maximum atomic E-state index is 12.9. The normalized spacial score (nSPS) is 11.0. The Morgan fingerprint density at radius 1 is 0.486 bits per heavy atom. The lowest BCUT2D eigenvalue weighted by Gasteiger charge is -2.13. The third-order valence-electron chi connectivity index (χ3n) is 10.5. The third-order valence-corrected chi connectivity index (χ3v) is 11.5. The fourth-order valence-electron chi connectivity index (χ4n) is 7.18. The summed E-state index contributed by atoms with van der Waals surface area (Å²) in [5, 5.41) is 18.6. The fourth-order valence-corrected chi connectivity index (χ4v) is 7.64. The zero-order chi connectivity index (χ0) is 48.5. The van der Waals surface area contributed by atoms with E-state index in [0.29, 0.717) is 33.2 Å². The Bertz CT molecular complexity index is 3490. The van der Waals surface area contributed by atoms with Gasteiger partial charge in [0.2, 0.25) is 0 Å². The van der Waals surface area contributed by atoms with Crippen LogP contribution >= 0.6 is 0 Å². The van der Waals surface area contributed by atoms with Crippen LogP contribution in [0, 0.1) is 0 Å². The number of hydrogen-bond acceptors (Lipinski definition) is 11. The summed E-state index contributed by atoms with van der Waals surface area (Å²) in [5.74, 6) is 0.420. The molecule has 10 aromatic rings. The predicted octanol–water partition coefficient (Wildman–Crippen LogP) is 11.0. The molecular weight excluding hydrogens is 913 g/mol. The Morgan fingerprint density at radius 3 is 1.37 bits per heavy atom. The summed E-state index contributed by atoms with van der Waals surface area (Å²) >= 11 is 0. The molecule has 0 spiro atoms. The standard InChI is InChI=1S/C26H19N3.C21H13F3N2O3S.C6H8BNO2.CH4/c27-23-13-7-12-20(15-23)24-16-21(18-8-3-1-4-9-18)14-22-17-28-26(29-25(22)24)19-10-5-2-6-11-19;22-21(23,24)30(27,28)29-18-12-16(14-7-3-1-4-8-14)11-17-13-25-20(26-19(17)18)15-9-5-2-6-10-15;8-6-3-1-2-5(4-6)7(9)10;/h1-17H,27H2;1-13H;1-4,9-10H,8H2;1H4. The topological polar surface area (TPSA) is 187 Å². The minimum Gasteiger partial charge on any atom is -0.423 e. The molecule has 0 saturated carbocycles. The monoisotopic (exact) mass is 956 g/mol. The maximum absolute atomic E-state index is 12.9. The summed E-state index contributed by atoms with van der Waals surface area (Å²) in [4.78, 5) is 18.1. The summed E-state index contributed by atoms with van der Waals surface area (Å²) in [7, 11) is -7.31. The van der Waals surface area contributed by atoms with Crippen molar-refractivity contribution in [3.05, 3.63) is 207 Å². The van der Waals surface area contributed by atoms with Crippen LogP contribution in [0.5, 0.6) is 5.75 Å². The van der Waals surface area contributed by atoms with Gasteiger partial charge in [0, 0.05) is 51.2 Å². The minimum absolute atomic E-state index is 0. The van der Waals surface area contributed by atoms with Crippen molar-refractivity contribution in [3.8, 4) is 61.9 Å². The lowest BCUT2D eigenvalue weighted by Crippen LogP contribution is -2.29. The molecule has 0 aliphatic carbocycles. The van der Waals surface area contributed by atoms with Crippen LogP contribution in [0.3, 0.4) is 0 Å². The first kappa shape index (κ1) is 49.5. The van der Waals surface area contributed by atoms with E-state index in [1.165, 1.54) is 18.3 Å². The van der Waals surface area contributed by atoms with Crippen molar-refractivity contribution in [2.75, 3.05) is 11.5 Å². The summed E-state index contributed by atoms with van der Waals surface area (Å²) in [5.41, 5.74) is 15.6. The molecule has 2 heterocycles. The van der Waals surface area contributed by atoms with E-state index in [4.69, 9.17) is 26.5 Å². The second-order valence-corrected chi connectivity index (χ2v) is 16.9. The SMILES string of the molecule is C.Nc1cccc(-c2cc(-c3ccccc3)cc3cnc(-c4ccccc4)nc23)c1.Nc1cccc(B(O)O)c1.O=S(=O)(Oc1cc(-c2ccccc2)cc2cnc(-c3ccccc3)nc12)C(F)(F)F. The minimum atomic E-state index is -5.88. The Labute approximate surface area is 402 Å². The Morgan fingerprint density at radius 2 is 0.914 bits per heavy atom. The van der Waals surface area contributed by atoms with Crippen molar-refractivity contribution in [3.63, 3.8) is 0 Å². The van der Waals surface area contributed by atoms with Gasteiger partial charge in [-0.25, -0.2) is 19.9 Å². The molecular formula is C54H44BF3N6O5S. The van der Waals surface area contributed by atoms with Gasteiger partial charge in [0.1, 0.15) is 5.52 Å². The number of fused-ring (bicyclic) bond motifs is 2. The van der Waals surface area contributed by atoms with E-state index in [0.717, 1.165) is 50.2 Å². The molecule has 8 aromatic carbocycles. The molecule has 0 saturated heterocycles. The van der Waals surface area contributed by atoms with Crippen LogP contribution in [-0.4, -0.2) is 51.0 Å². The molecule has 0 amide bonds. The van der Waals surface area contributed by atoms with Crippen LogP contribution < -0.4 is 21.1 Å². The van der Waals surface area contributed by atoms with Gasteiger partial charge in [0.15, 0.2) is 17.4 Å². The molecule has 70 heavy (non-hydrogen) atoms. The van der Waals surface area contributed by atoms with Crippen LogP contribution in [0.2, 0.25) is 0 Å². The highest BCUT2D eigenvalue weighted by Crippen LogP contribution is 2.37. The van der Waals surface area contributed by atoms with E-state index < -0.39 is 28.5 Å². The highest BCUT2D eigenvalue weighted by atomic mass is 32.2. The van der Waals surface area contributed by atoms with Gasteiger partial charge < -0.3 is 25.7 Å². The first-order chi connectivity index (χ1) is 33.2. The molecule has 6 N–H and O–H groups in total. The number of nitrogens with two attached hydrogens (primary N) is 2. The van der Waals surface area contributed by atoms with E-state index in [2.05, 4.69) is 61.6 Å². The van der Waals surface area contributed by atoms with Crippen molar-refractivity contribution in [2.45, 2.75) is 12.9 Å². The summed E-state index contributed by atoms with van der Waals surface area (Å²) in [6, 6.07) is 59.6. The zero-order valence-corrected chi connectivity index (χ0v) is 37.1. The second kappa shape index (κ2) is 21.7. The van der Waals surface area contributed by atoms with Crippen molar-refractivity contribution in [1.29, 1.82) is 0 Å². The van der Waals surface area contributed by atoms with Gasteiger partial charge in [-0.15, -0.1) is 0 Å². The molecule has 0 atom stereocenters. The van der Waals surface area contributed by atoms with Crippen LogP contribution in [0.25, 0.3) is 78.0 Å². The number of hydrogen-bond donors (Lipinski definition) is 4. The molecule has 350 valence electrons. The van der Waals surface area contributed by atoms with Gasteiger partial charge in [-0.2, -0.15) is 21.6 Å². The second-order valence-electron chi connectivity index (χ2n) is 15.4. The van der Waals surface area contributed by atoms with Gasteiger partial charge in [0.05, 0.1) is 5.52 Å².